The van der Waals surface area contributed by atoms with Gasteiger partial charge in [0.25, 0.3) is 0 Å². The maximum Gasteiger partial charge on any atom is 0.236 e. The molecule has 0 spiro atoms. The van der Waals surface area contributed by atoms with Crippen LogP contribution in [0.4, 0.5) is 0 Å². The highest BCUT2D eigenvalue weighted by molar-refractivity contribution is 7.93. The van der Waals surface area contributed by atoms with Crippen LogP contribution in [0.2, 0.25) is 0 Å². The average Bonchev–Trinajstić information content (AvgIpc) is 3.00. The first kappa shape index (κ1) is 16.9. The van der Waals surface area contributed by atoms with Crippen molar-refractivity contribution in [1.82, 2.24) is 14.5 Å². The third-order valence-corrected chi connectivity index (χ3v) is 5.83. The molecule has 3 rings (SSSR count). The van der Waals surface area contributed by atoms with Crippen molar-refractivity contribution in [3.63, 3.8) is 0 Å². The number of aromatic nitrogens is 2. The van der Waals surface area contributed by atoms with Crippen LogP contribution in [0.25, 0.3) is 6.08 Å². The van der Waals surface area contributed by atoms with Gasteiger partial charge in [-0.3, -0.25) is 4.68 Å². The van der Waals surface area contributed by atoms with Crippen molar-refractivity contribution in [2.45, 2.75) is 25.4 Å². The minimum Gasteiger partial charge on any atom is -0.384 e. The minimum atomic E-state index is -3.64. The number of aliphatic hydroxyl groups is 1. The SMILES string of the molecule is Cn1cc(C(C)(O)CNS(=O)(=O)C2=Cc3ccccc3CC2)cn1. The summed E-state index contributed by atoms with van der Waals surface area (Å²) >= 11 is 0. The van der Waals surface area contributed by atoms with Crippen LogP contribution < -0.4 is 4.72 Å². The van der Waals surface area contributed by atoms with Crippen LogP contribution >= 0.6 is 0 Å². The Morgan fingerprint density at radius 3 is 2.79 bits per heavy atom. The van der Waals surface area contributed by atoms with Gasteiger partial charge in [0.2, 0.25) is 10.0 Å². The van der Waals surface area contributed by atoms with E-state index in [-0.39, 0.29) is 6.54 Å². The van der Waals surface area contributed by atoms with Gasteiger partial charge >= 0.3 is 0 Å². The second-order valence-corrected chi connectivity index (χ2v) is 8.13. The quantitative estimate of drug-likeness (QED) is 0.859. The second kappa shape index (κ2) is 6.16. The lowest BCUT2D eigenvalue weighted by Crippen LogP contribution is -2.39. The number of fused-ring (bicyclic) bond motifs is 1. The molecule has 24 heavy (non-hydrogen) atoms. The fraction of sp³-hybridized carbons (Fsp3) is 0.353. The Morgan fingerprint density at radius 1 is 1.33 bits per heavy atom. The predicted octanol–water partition coefficient (Wildman–Crippen LogP) is 1.53. The summed E-state index contributed by atoms with van der Waals surface area (Å²) in [5, 5.41) is 14.5. The normalized spacial score (nSPS) is 17.0. The molecule has 6 nitrogen and oxygen atoms in total. The number of hydrogen-bond donors (Lipinski definition) is 2. The molecule has 0 fully saturated rings. The van der Waals surface area contributed by atoms with Gasteiger partial charge in [-0.05, 0) is 37.0 Å². The Hall–Kier alpha value is -1.96. The number of aryl methyl sites for hydroxylation is 2. The van der Waals surface area contributed by atoms with Gasteiger partial charge in [-0.15, -0.1) is 0 Å². The second-order valence-electron chi connectivity index (χ2n) is 6.31. The first-order valence-corrected chi connectivity index (χ1v) is 9.26. The number of benzene rings is 1. The molecule has 7 heteroatoms. The van der Waals surface area contributed by atoms with Gasteiger partial charge in [-0.1, -0.05) is 24.3 Å². The molecule has 0 saturated carbocycles. The first-order chi connectivity index (χ1) is 11.3. The molecule has 1 aromatic carbocycles. The van der Waals surface area contributed by atoms with E-state index in [0.29, 0.717) is 23.3 Å². The Morgan fingerprint density at radius 2 is 2.08 bits per heavy atom. The van der Waals surface area contributed by atoms with Crippen LogP contribution in [0.15, 0.2) is 41.6 Å². The van der Waals surface area contributed by atoms with Crippen molar-refractivity contribution in [1.29, 1.82) is 0 Å². The molecule has 1 aliphatic rings. The van der Waals surface area contributed by atoms with Crippen LogP contribution in [0.3, 0.4) is 0 Å². The van der Waals surface area contributed by atoms with E-state index in [1.165, 1.54) is 6.20 Å². The number of sulfonamides is 1. The van der Waals surface area contributed by atoms with E-state index in [2.05, 4.69) is 9.82 Å². The van der Waals surface area contributed by atoms with Gasteiger partial charge < -0.3 is 5.11 Å². The molecule has 0 bridgehead atoms. The van der Waals surface area contributed by atoms with Crippen LogP contribution in [0.5, 0.6) is 0 Å². The first-order valence-electron chi connectivity index (χ1n) is 7.78. The molecular weight excluding hydrogens is 326 g/mol. The molecule has 1 unspecified atom stereocenters. The van der Waals surface area contributed by atoms with Crippen LogP contribution in [-0.4, -0.2) is 29.8 Å². The molecule has 0 aliphatic heterocycles. The van der Waals surface area contributed by atoms with E-state index in [1.54, 1.807) is 30.9 Å². The van der Waals surface area contributed by atoms with Gasteiger partial charge in [0, 0.05) is 25.4 Å². The molecule has 1 aliphatic carbocycles. The third kappa shape index (κ3) is 3.43. The lowest BCUT2D eigenvalue weighted by molar-refractivity contribution is 0.0627. The minimum absolute atomic E-state index is 0.111. The van der Waals surface area contributed by atoms with E-state index in [1.807, 2.05) is 24.3 Å². The van der Waals surface area contributed by atoms with E-state index in [9.17, 15) is 13.5 Å². The molecule has 1 aromatic heterocycles. The van der Waals surface area contributed by atoms with Gasteiger partial charge in [0.1, 0.15) is 5.60 Å². The summed E-state index contributed by atoms with van der Waals surface area (Å²) in [5.41, 5.74) is 1.33. The molecule has 2 N–H and O–H groups in total. The molecule has 1 heterocycles. The number of allylic oxidation sites excluding steroid dienone is 1. The van der Waals surface area contributed by atoms with Gasteiger partial charge in [-0.2, -0.15) is 5.10 Å². The molecule has 0 radical (unpaired) electrons. The number of hydrogen-bond acceptors (Lipinski definition) is 4. The van der Waals surface area contributed by atoms with Crippen LogP contribution in [0.1, 0.15) is 30.0 Å². The Labute approximate surface area is 141 Å². The summed E-state index contributed by atoms with van der Waals surface area (Å²) in [6, 6.07) is 7.77. The number of rotatable bonds is 5. The molecule has 0 amide bonds. The zero-order valence-electron chi connectivity index (χ0n) is 13.7. The van der Waals surface area contributed by atoms with Crippen molar-refractivity contribution in [2.24, 2.45) is 7.05 Å². The molecule has 0 saturated heterocycles. The van der Waals surface area contributed by atoms with E-state index in [4.69, 9.17) is 0 Å². The topological polar surface area (TPSA) is 84.2 Å². The third-order valence-electron chi connectivity index (χ3n) is 4.29. The smallest absolute Gasteiger partial charge is 0.236 e. The summed E-state index contributed by atoms with van der Waals surface area (Å²) in [5.74, 6) is 0. The summed E-state index contributed by atoms with van der Waals surface area (Å²) in [6.07, 6.45) is 6.07. The summed E-state index contributed by atoms with van der Waals surface area (Å²) in [4.78, 5) is 0.350. The fourth-order valence-corrected chi connectivity index (χ4v) is 4.06. The monoisotopic (exact) mass is 347 g/mol. The van der Waals surface area contributed by atoms with Gasteiger partial charge in [0.05, 0.1) is 11.1 Å². The Bertz CT molecular complexity index is 882. The van der Waals surface area contributed by atoms with Gasteiger partial charge in [-0.25, -0.2) is 13.1 Å². The van der Waals surface area contributed by atoms with Gasteiger partial charge in [0.15, 0.2) is 0 Å². The lowest BCUT2D eigenvalue weighted by atomic mass is 9.98. The highest BCUT2D eigenvalue weighted by atomic mass is 32.2. The standard InChI is InChI=1S/C17H21N3O3S/c1-17(21,15-10-18-20(2)11-15)12-19-24(22,23)16-8-7-13-5-3-4-6-14(13)9-16/h3-6,9-11,19,21H,7-8,12H2,1-2H3. The summed E-state index contributed by atoms with van der Waals surface area (Å²) in [7, 11) is -1.89. The highest BCUT2D eigenvalue weighted by Gasteiger charge is 2.29. The zero-order chi connectivity index (χ0) is 17.4. The summed E-state index contributed by atoms with van der Waals surface area (Å²) in [6.45, 7) is 1.46. The zero-order valence-corrected chi connectivity index (χ0v) is 14.5. The largest absolute Gasteiger partial charge is 0.384 e. The Kier molecular flexibility index (Phi) is 4.33. The van der Waals surface area contributed by atoms with Crippen LogP contribution in [0, 0.1) is 0 Å². The fourth-order valence-electron chi connectivity index (χ4n) is 2.75. The van der Waals surface area contributed by atoms with Crippen molar-refractivity contribution in [3.8, 4) is 0 Å². The maximum atomic E-state index is 12.6. The average molecular weight is 347 g/mol. The maximum absolute atomic E-state index is 12.6. The summed E-state index contributed by atoms with van der Waals surface area (Å²) < 4.78 is 29.2. The van der Waals surface area contributed by atoms with E-state index in [0.717, 1.165) is 11.1 Å². The highest BCUT2D eigenvalue weighted by Crippen LogP contribution is 2.27. The number of nitrogens with zero attached hydrogens (tertiary/aromatic N) is 2. The van der Waals surface area contributed by atoms with Crippen molar-refractivity contribution in [3.05, 3.63) is 58.3 Å². The van der Waals surface area contributed by atoms with E-state index < -0.39 is 15.6 Å². The molecular formula is C17H21N3O3S. The molecule has 2 aromatic rings. The molecule has 128 valence electrons. The van der Waals surface area contributed by atoms with Crippen molar-refractivity contribution >= 4 is 16.1 Å². The lowest BCUT2D eigenvalue weighted by Gasteiger charge is -2.23. The molecule has 1 atom stereocenters. The van der Waals surface area contributed by atoms with Crippen molar-refractivity contribution in [2.75, 3.05) is 6.54 Å². The van der Waals surface area contributed by atoms with Crippen molar-refractivity contribution < 1.29 is 13.5 Å². The predicted molar refractivity (Wildman–Crippen MR) is 92.4 cm³/mol. The van der Waals surface area contributed by atoms with Crippen LogP contribution in [-0.2, 0) is 29.1 Å². The Balaban J connectivity index is 1.76. The number of nitrogens with one attached hydrogen (secondary N) is 1. The van der Waals surface area contributed by atoms with E-state index >= 15 is 0 Å².